The van der Waals surface area contributed by atoms with E-state index in [-0.39, 0.29) is 33.7 Å². The van der Waals surface area contributed by atoms with E-state index in [1.54, 1.807) is 13.8 Å². The quantitative estimate of drug-likeness (QED) is 0.256. The Balaban J connectivity index is 1.75. The van der Waals surface area contributed by atoms with Crippen molar-refractivity contribution in [3.05, 3.63) is 40.3 Å². The van der Waals surface area contributed by atoms with Crippen molar-refractivity contribution in [2.24, 2.45) is 5.73 Å². The first kappa shape index (κ1) is 28.2. The van der Waals surface area contributed by atoms with Crippen molar-refractivity contribution in [1.29, 1.82) is 0 Å². The minimum absolute atomic E-state index is 0.0319. The topological polar surface area (TPSA) is 132 Å². The van der Waals surface area contributed by atoms with Gasteiger partial charge in [0.05, 0.1) is 22.8 Å². The molecule has 0 fully saturated rings. The fraction of sp³-hybridized carbons (Fsp3) is 0.400. The van der Waals surface area contributed by atoms with Crippen molar-refractivity contribution < 1.29 is 19.1 Å². The van der Waals surface area contributed by atoms with Crippen molar-refractivity contribution in [3.63, 3.8) is 0 Å². The predicted octanol–water partition coefficient (Wildman–Crippen LogP) is 4.19. The van der Waals surface area contributed by atoms with Gasteiger partial charge in [-0.05, 0) is 64.4 Å². The molecule has 0 unspecified atom stereocenters. The number of rotatable bonds is 12. The normalized spacial score (nSPS) is 10.8. The van der Waals surface area contributed by atoms with Crippen LogP contribution in [0.2, 0.25) is 0 Å². The van der Waals surface area contributed by atoms with Gasteiger partial charge in [-0.25, -0.2) is 4.79 Å². The van der Waals surface area contributed by atoms with Gasteiger partial charge in [-0.2, -0.15) is 0 Å². The van der Waals surface area contributed by atoms with Crippen LogP contribution in [0.1, 0.15) is 53.3 Å². The third-order valence-electron chi connectivity index (χ3n) is 5.72. The predicted molar refractivity (Wildman–Crippen MR) is 148 cm³/mol. The van der Waals surface area contributed by atoms with E-state index < -0.39 is 11.9 Å². The van der Waals surface area contributed by atoms with Crippen molar-refractivity contribution in [2.45, 2.75) is 46.3 Å². The van der Waals surface area contributed by atoms with Crippen LogP contribution in [-0.4, -0.2) is 58.0 Å². The maximum Gasteiger partial charge on any atom is 0.341 e. The Morgan fingerprint density at radius 2 is 1.78 bits per heavy atom. The van der Waals surface area contributed by atoms with E-state index in [0.29, 0.717) is 17.3 Å². The number of primary amides is 1. The summed E-state index contributed by atoms with van der Waals surface area (Å²) >= 11 is 2.20. The Morgan fingerprint density at radius 3 is 2.35 bits per heavy atom. The molecule has 2 amide bonds. The summed E-state index contributed by atoms with van der Waals surface area (Å²) in [6, 6.07) is 8.19. The summed E-state index contributed by atoms with van der Waals surface area (Å²) in [5, 5.41) is 12.2. The molecule has 10 nitrogen and oxygen atoms in total. The number of nitrogens with zero attached hydrogens (tertiary/aromatic N) is 4. The molecular weight excluding hydrogens is 512 g/mol. The monoisotopic (exact) mass is 544 g/mol. The van der Waals surface area contributed by atoms with E-state index in [2.05, 4.69) is 46.4 Å². The van der Waals surface area contributed by atoms with Gasteiger partial charge >= 0.3 is 5.97 Å². The highest BCUT2D eigenvalue weighted by Crippen LogP contribution is 2.34. The lowest BCUT2D eigenvalue weighted by atomic mass is 10.1. The number of hydrogen-bond acceptors (Lipinski definition) is 9. The van der Waals surface area contributed by atoms with E-state index in [4.69, 9.17) is 10.5 Å². The Kier molecular flexibility index (Phi) is 9.70. The molecule has 12 heteroatoms. The summed E-state index contributed by atoms with van der Waals surface area (Å²) in [4.78, 5) is 39.5. The molecule has 1 aromatic carbocycles. The van der Waals surface area contributed by atoms with Gasteiger partial charge in [0.2, 0.25) is 5.91 Å². The summed E-state index contributed by atoms with van der Waals surface area (Å²) < 4.78 is 7.05. The first-order valence-electron chi connectivity index (χ1n) is 12.1. The third-order valence-corrected chi connectivity index (χ3v) is 7.91. The number of thioether (sulfide) groups is 1. The highest BCUT2D eigenvalue weighted by atomic mass is 32.2. The Morgan fingerprint density at radius 1 is 1.11 bits per heavy atom. The summed E-state index contributed by atoms with van der Waals surface area (Å²) in [6.07, 6.45) is 0. The number of benzene rings is 1. The zero-order valence-electron chi connectivity index (χ0n) is 21.7. The number of ether oxygens (including phenoxy) is 1. The number of anilines is 2. The van der Waals surface area contributed by atoms with Gasteiger partial charge in [-0.1, -0.05) is 11.8 Å². The molecular formula is C25H32N6O4S2. The molecule has 0 aliphatic heterocycles. The number of nitrogens with one attached hydrogen (secondary N) is 1. The lowest BCUT2D eigenvalue weighted by molar-refractivity contribution is -0.113. The number of carbonyl (C=O) groups excluding carboxylic acids is 3. The van der Waals surface area contributed by atoms with Gasteiger partial charge in [0.25, 0.3) is 5.91 Å². The zero-order valence-corrected chi connectivity index (χ0v) is 23.3. The van der Waals surface area contributed by atoms with E-state index >= 15 is 0 Å². The summed E-state index contributed by atoms with van der Waals surface area (Å²) in [5.74, 6) is -0.889. The zero-order chi connectivity index (χ0) is 27.1. The Bertz CT molecular complexity index is 1260. The molecule has 0 bridgehead atoms. The van der Waals surface area contributed by atoms with E-state index in [1.807, 2.05) is 23.6 Å². The molecule has 3 aromatic rings. The van der Waals surface area contributed by atoms with Crippen LogP contribution in [0, 0.1) is 6.92 Å². The van der Waals surface area contributed by atoms with Crippen LogP contribution in [0.15, 0.2) is 29.4 Å². The van der Waals surface area contributed by atoms with Gasteiger partial charge in [0.15, 0.2) is 11.0 Å². The molecule has 0 aliphatic carbocycles. The average molecular weight is 545 g/mol. The fourth-order valence-corrected chi connectivity index (χ4v) is 5.75. The number of amides is 2. The standard InChI is InChI=1S/C25H32N6O4S2/c1-6-30(7-2)17-12-10-16(11-13-17)22-28-29-25(31(22)8-3)36-14-18(32)27-23-19(24(34)35-9-4)15(5)20(37-23)21(26)33/h10-13H,6-9,14H2,1-5H3,(H2,26,33)(H,27,32). The van der Waals surface area contributed by atoms with Crippen molar-refractivity contribution in [2.75, 3.05) is 35.7 Å². The lowest BCUT2D eigenvalue weighted by Gasteiger charge is -2.21. The van der Waals surface area contributed by atoms with Crippen LogP contribution < -0.4 is 16.0 Å². The smallest absolute Gasteiger partial charge is 0.341 e. The fourth-order valence-electron chi connectivity index (χ4n) is 3.88. The first-order valence-corrected chi connectivity index (χ1v) is 13.9. The number of aromatic nitrogens is 3. The van der Waals surface area contributed by atoms with E-state index in [9.17, 15) is 14.4 Å². The molecule has 0 radical (unpaired) electrons. The lowest BCUT2D eigenvalue weighted by Crippen LogP contribution is -2.21. The molecule has 0 saturated heterocycles. The van der Waals surface area contributed by atoms with Gasteiger partial charge in [-0.3, -0.25) is 9.59 Å². The molecule has 0 atom stereocenters. The van der Waals surface area contributed by atoms with Crippen LogP contribution in [0.25, 0.3) is 11.4 Å². The van der Waals surface area contributed by atoms with Gasteiger partial charge in [0.1, 0.15) is 5.00 Å². The maximum atomic E-state index is 12.8. The number of thiophene rings is 1. The van der Waals surface area contributed by atoms with Crippen molar-refractivity contribution >= 4 is 51.6 Å². The molecule has 0 saturated carbocycles. The number of nitrogens with two attached hydrogens (primary N) is 1. The second-order valence-corrected chi connectivity index (χ2v) is 9.91. The van der Waals surface area contributed by atoms with Crippen LogP contribution in [0.3, 0.4) is 0 Å². The van der Waals surface area contributed by atoms with Gasteiger partial charge in [-0.15, -0.1) is 21.5 Å². The van der Waals surface area contributed by atoms with Gasteiger partial charge in [0, 0.05) is 30.9 Å². The highest BCUT2D eigenvalue weighted by Gasteiger charge is 2.26. The highest BCUT2D eigenvalue weighted by molar-refractivity contribution is 7.99. The molecule has 3 N–H and O–H groups in total. The Labute approximate surface area is 224 Å². The molecule has 198 valence electrons. The number of esters is 1. The number of carbonyl (C=O) groups is 3. The Hall–Kier alpha value is -3.38. The second-order valence-electron chi connectivity index (χ2n) is 7.95. The van der Waals surface area contributed by atoms with Crippen LogP contribution in [0.4, 0.5) is 10.7 Å². The molecule has 0 spiro atoms. The largest absolute Gasteiger partial charge is 0.462 e. The van der Waals surface area contributed by atoms with Crippen LogP contribution in [0.5, 0.6) is 0 Å². The third kappa shape index (κ3) is 6.31. The van der Waals surface area contributed by atoms with Crippen molar-refractivity contribution in [1.82, 2.24) is 14.8 Å². The minimum Gasteiger partial charge on any atom is -0.462 e. The second kappa shape index (κ2) is 12.7. The summed E-state index contributed by atoms with van der Waals surface area (Å²) in [7, 11) is 0. The molecule has 3 rings (SSSR count). The number of hydrogen-bond donors (Lipinski definition) is 2. The molecule has 37 heavy (non-hydrogen) atoms. The van der Waals surface area contributed by atoms with Crippen molar-refractivity contribution in [3.8, 4) is 11.4 Å². The SMILES string of the molecule is CCOC(=O)c1c(NC(=O)CSc2nnc(-c3ccc(N(CC)CC)cc3)n2CC)sc(C(N)=O)c1C. The van der Waals surface area contributed by atoms with Gasteiger partial charge < -0.3 is 25.3 Å². The summed E-state index contributed by atoms with van der Waals surface area (Å²) in [5.41, 5.74) is 8.06. The summed E-state index contributed by atoms with van der Waals surface area (Å²) in [6.45, 7) is 12.2. The van der Waals surface area contributed by atoms with Crippen LogP contribution in [-0.2, 0) is 16.1 Å². The van der Waals surface area contributed by atoms with E-state index in [0.717, 1.165) is 41.5 Å². The molecule has 2 heterocycles. The first-order chi connectivity index (χ1) is 17.7. The van der Waals surface area contributed by atoms with Crippen LogP contribution >= 0.6 is 23.1 Å². The van der Waals surface area contributed by atoms with E-state index in [1.165, 1.54) is 11.8 Å². The minimum atomic E-state index is -0.670. The molecule has 2 aromatic heterocycles. The average Bonchev–Trinajstić information content (AvgIpc) is 3.44. The molecule has 0 aliphatic rings. The maximum absolute atomic E-state index is 12.8.